The van der Waals surface area contributed by atoms with Crippen molar-refractivity contribution < 1.29 is 40.0 Å². The van der Waals surface area contributed by atoms with Crippen LogP contribution in [0.4, 0.5) is 22.0 Å². The molecule has 194 valence electrons. The Morgan fingerprint density at radius 2 is 1.75 bits per heavy atom. The van der Waals surface area contributed by atoms with Gasteiger partial charge in [-0.3, -0.25) is 9.59 Å². The normalized spacial score (nSPS) is 23.2. The van der Waals surface area contributed by atoms with E-state index in [0.29, 0.717) is 18.9 Å². The third kappa shape index (κ3) is 4.35. The van der Waals surface area contributed by atoms with E-state index in [1.165, 1.54) is 25.1 Å². The monoisotopic (exact) mass is 530 g/mol. The number of amides is 2. The van der Waals surface area contributed by atoms with E-state index in [1.807, 2.05) is 0 Å². The first-order valence-electron chi connectivity index (χ1n) is 11.0. The maximum Gasteiger partial charge on any atom is 0.419 e. The van der Waals surface area contributed by atoms with E-state index >= 15 is 0 Å². The van der Waals surface area contributed by atoms with Gasteiger partial charge < -0.3 is 10.6 Å². The fourth-order valence-corrected chi connectivity index (χ4v) is 5.70. The fourth-order valence-electron chi connectivity index (χ4n) is 5.03. The smallest absolute Gasteiger partial charge is 0.368 e. The molecule has 0 spiro atoms. The lowest BCUT2D eigenvalue weighted by Crippen LogP contribution is -2.74. The largest absolute Gasteiger partial charge is 0.419 e. The maximum absolute atomic E-state index is 14.9. The van der Waals surface area contributed by atoms with Gasteiger partial charge in [0, 0.05) is 24.3 Å². The minimum atomic E-state index is -5.08. The van der Waals surface area contributed by atoms with Gasteiger partial charge >= 0.3 is 6.18 Å². The number of alkyl halides is 3. The first-order chi connectivity index (χ1) is 16.6. The molecule has 2 aliphatic rings. The summed E-state index contributed by atoms with van der Waals surface area (Å²) in [5.41, 5.74) is 1.95. The Balaban J connectivity index is 1.72. The van der Waals surface area contributed by atoms with Gasteiger partial charge in [0.2, 0.25) is 5.91 Å². The lowest BCUT2D eigenvalue weighted by Gasteiger charge is -2.57. The van der Waals surface area contributed by atoms with Gasteiger partial charge in [0.1, 0.15) is 17.2 Å². The van der Waals surface area contributed by atoms with Crippen LogP contribution in [0.25, 0.3) is 0 Å². The fraction of sp³-hybridized carbons (Fsp3) is 0.417. The van der Waals surface area contributed by atoms with Crippen molar-refractivity contribution in [2.24, 2.45) is 17.6 Å². The SMILES string of the molecule is CC1(C(N)=O)C([C@H](c2cc(F)c(C(F)(F)F)cc2F)C2CC2)CN1C(=O)c1cccc(S(C)(=O)=O)c1. The van der Waals surface area contributed by atoms with E-state index in [-0.39, 0.29) is 34.6 Å². The molecule has 1 saturated carbocycles. The van der Waals surface area contributed by atoms with Gasteiger partial charge in [-0.05, 0) is 67.5 Å². The minimum Gasteiger partial charge on any atom is -0.368 e. The number of carbonyl (C=O) groups excluding carboxylic acids is 2. The first-order valence-corrected chi connectivity index (χ1v) is 12.9. The van der Waals surface area contributed by atoms with Crippen molar-refractivity contribution in [3.8, 4) is 0 Å². The summed E-state index contributed by atoms with van der Waals surface area (Å²) in [6, 6.07) is 5.84. The Morgan fingerprint density at radius 1 is 1.11 bits per heavy atom. The van der Waals surface area contributed by atoms with Crippen molar-refractivity contribution in [3.63, 3.8) is 0 Å². The molecule has 2 unspecified atom stereocenters. The summed E-state index contributed by atoms with van der Waals surface area (Å²) >= 11 is 0. The van der Waals surface area contributed by atoms with Gasteiger partial charge in [-0.15, -0.1) is 0 Å². The third-order valence-electron chi connectivity index (χ3n) is 7.23. The van der Waals surface area contributed by atoms with Gasteiger partial charge in [0.15, 0.2) is 9.84 Å². The molecule has 1 aliphatic carbocycles. The van der Waals surface area contributed by atoms with Crippen molar-refractivity contribution in [2.45, 2.75) is 42.3 Å². The molecule has 3 atom stereocenters. The summed E-state index contributed by atoms with van der Waals surface area (Å²) in [7, 11) is -3.62. The lowest BCUT2D eigenvalue weighted by atomic mass is 9.64. The van der Waals surface area contributed by atoms with Crippen LogP contribution in [-0.4, -0.2) is 43.5 Å². The van der Waals surface area contributed by atoms with Crippen LogP contribution in [0.5, 0.6) is 0 Å². The van der Waals surface area contributed by atoms with Gasteiger partial charge in [-0.2, -0.15) is 13.2 Å². The highest BCUT2D eigenvalue weighted by molar-refractivity contribution is 7.90. The zero-order valence-electron chi connectivity index (χ0n) is 19.3. The van der Waals surface area contributed by atoms with Crippen molar-refractivity contribution >= 4 is 21.7 Å². The molecule has 2 aromatic carbocycles. The topological polar surface area (TPSA) is 97.5 Å². The van der Waals surface area contributed by atoms with Gasteiger partial charge in [-0.1, -0.05) is 6.07 Å². The number of nitrogens with two attached hydrogens (primary N) is 1. The highest BCUT2D eigenvalue weighted by Crippen LogP contribution is 2.55. The van der Waals surface area contributed by atoms with Crippen LogP contribution < -0.4 is 5.73 Å². The van der Waals surface area contributed by atoms with E-state index in [0.717, 1.165) is 17.2 Å². The number of rotatable bonds is 6. The Hall–Kier alpha value is -3.02. The molecule has 1 heterocycles. The zero-order chi connectivity index (χ0) is 26.8. The van der Waals surface area contributed by atoms with Crippen LogP contribution in [0.2, 0.25) is 0 Å². The quantitative estimate of drug-likeness (QED) is 0.573. The Bertz CT molecular complexity index is 1360. The maximum atomic E-state index is 14.9. The van der Waals surface area contributed by atoms with E-state index in [9.17, 15) is 40.0 Å². The molecule has 0 bridgehead atoms. The molecule has 2 fully saturated rings. The van der Waals surface area contributed by atoms with Gasteiger partial charge in [-0.25, -0.2) is 17.2 Å². The molecular formula is C24H23F5N2O4S. The van der Waals surface area contributed by atoms with E-state index in [2.05, 4.69) is 0 Å². The van der Waals surface area contributed by atoms with Crippen molar-refractivity contribution in [1.82, 2.24) is 4.90 Å². The number of benzene rings is 2. The van der Waals surface area contributed by atoms with Crippen LogP contribution in [0.1, 0.15) is 47.2 Å². The predicted molar refractivity (Wildman–Crippen MR) is 119 cm³/mol. The predicted octanol–water partition coefficient (Wildman–Crippen LogP) is 3.90. The number of halogens is 5. The second-order valence-electron chi connectivity index (χ2n) is 9.55. The van der Waals surface area contributed by atoms with Crippen LogP contribution in [0.3, 0.4) is 0 Å². The third-order valence-corrected chi connectivity index (χ3v) is 8.34. The molecule has 0 radical (unpaired) electrons. The number of sulfone groups is 1. The molecule has 6 nitrogen and oxygen atoms in total. The molecule has 36 heavy (non-hydrogen) atoms. The van der Waals surface area contributed by atoms with Crippen molar-refractivity contribution in [1.29, 1.82) is 0 Å². The van der Waals surface area contributed by atoms with Gasteiger partial charge in [0.05, 0.1) is 10.5 Å². The van der Waals surface area contributed by atoms with Crippen molar-refractivity contribution in [2.75, 3.05) is 12.8 Å². The summed E-state index contributed by atoms with van der Waals surface area (Å²) in [5.74, 6) is -6.38. The molecule has 2 N–H and O–H groups in total. The highest BCUT2D eigenvalue weighted by atomic mass is 32.2. The molecule has 1 aliphatic heterocycles. The number of nitrogens with zero attached hydrogens (tertiary/aromatic N) is 1. The number of hydrogen-bond acceptors (Lipinski definition) is 4. The standard InChI is InChI=1S/C24H23F5N2O4S/c1-23(22(30)33)17(11-31(23)21(32)13-4-3-5-14(8-13)36(2,34)35)20(12-6-7-12)15-9-19(26)16(10-18(15)25)24(27,28)29/h3-5,8-10,12,17,20H,6-7,11H2,1-2H3,(H2,30,33)/t17?,20-,23?/m0/s1. The van der Waals surface area contributed by atoms with E-state index in [4.69, 9.17) is 5.73 Å². The molecular weight excluding hydrogens is 507 g/mol. The second-order valence-corrected chi connectivity index (χ2v) is 11.6. The number of hydrogen-bond donors (Lipinski definition) is 1. The first kappa shape index (κ1) is 26.1. The Labute approximate surface area is 204 Å². The molecule has 2 aromatic rings. The number of likely N-dealkylation sites (tertiary alicyclic amines) is 1. The number of carbonyl (C=O) groups is 2. The van der Waals surface area contributed by atoms with E-state index in [1.54, 1.807) is 0 Å². The summed E-state index contributed by atoms with van der Waals surface area (Å²) < 4.78 is 92.2. The summed E-state index contributed by atoms with van der Waals surface area (Å²) in [5, 5.41) is 0. The van der Waals surface area contributed by atoms with E-state index < -0.39 is 62.4 Å². The zero-order valence-corrected chi connectivity index (χ0v) is 20.1. The number of primary amides is 1. The average molecular weight is 531 g/mol. The van der Waals surface area contributed by atoms with Crippen LogP contribution in [0.15, 0.2) is 41.3 Å². The molecule has 12 heteroatoms. The van der Waals surface area contributed by atoms with Crippen molar-refractivity contribution in [3.05, 3.63) is 64.7 Å². The van der Waals surface area contributed by atoms with Crippen LogP contribution >= 0.6 is 0 Å². The minimum absolute atomic E-state index is 0.0152. The van der Waals surface area contributed by atoms with Crippen LogP contribution in [-0.2, 0) is 20.8 Å². The molecule has 1 saturated heterocycles. The molecule has 2 amide bonds. The Morgan fingerprint density at radius 3 is 2.28 bits per heavy atom. The highest BCUT2D eigenvalue weighted by Gasteiger charge is 2.61. The summed E-state index contributed by atoms with van der Waals surface area (Å²) in [6.07, 6.45) is -2.94. The van der Waals surface area contributed by atoms with Crippen LogP contribution in [0, 0.1) is 23.5 Å². The van der Waals surface area contributed by atoms with Gasteiger partial charge in [0.25, 0.3) is 5.91 Å². The summed E-state index contributed by atoms with van der Waals surface area (Å²) in [4.78, 5) is 26.9. The lowest BCUT2D eigenvalue weighted by molar-refractivity contribution is -0.144. The molecule has 0 aromatic heterocycles. The average Bonchev–Trinajstić information content (AvgIpc) is 3.60. The Kier molecular flexibility index (Phi) is 6.17. The summed E-state index contributed by atoms with van der Waals surface area (Å²) in [6.45, 7) is 1.26. The second kappa shape index (κ2) is 8.53. The molecule has 4 rings (SSSR count).